The number of nitrogens with one attached hydrogen (secondary N) is 1. The minimum absolute atomic E-state index is 0.0507. The van der Waals surface area contributed by atoms with E-state index >= 15 is 0 Å². The summed E-state index contributed by atoms with van der Waals surface area (Å²) >= 11 is 12.7. The Hall–Kier alpha value is -1.90. The van der Waals surface area contributed by atoms with Crippen LogP contribution in [0.3, 0.4) is 0 Å². The van der Waals surface area contributed by atoms with Crippen LogP contribution in [0.15, 0.2) is 51.4 Å². The Bertz CT molecular complexity index is 921. The first-order valence-corrected chi connectivity index (χ1v) is 10.3. The predicted octanol–water partition coefficient (Wildman–Crippen LogP) is 4.40. The number of rotatable bonds is 5. The Morgan fingerprint density at radius 3 is 2.50 bits per heavy atom. The summed E-state index contributed by atoms with van der Waals surface area (Å²) in [5, 5.41) is 2.94. The van der Waals surface area contributed by atoms with Gasteiger partial charge in [0.2, 0.25) is 5.91 Å². The molecule has 6 nitrogen and oxygen atoms in total. The molecule has 0 unspecified atom stereocenters. The predicted molar refractivity (Wildman–Crippen MR) is 113 cm³/mol. The Kier molecular flexibility index (Phi) is 6.74. The SMILES string of the molecule is O=C(COC(=O)[C@@H]1CC(=O)N(c2ccc(Br)cc2)C1)Nc1ccc(Br)cc1Cl. The highest BCUT2D eigenvalue weighted by Gasteiger charge is 2.36. The largest absolute Gasteiger partial charge is 0.455 e. The molecule has 1 saturated heterocycles. The molecule has 0 radical (unpaired) electrons. The van der Waals surface area contributed by atoms with Crippen molar-refractivity contribution in [2.75, 3.05) is 23.4 Å². The first kappa shape index (κ1) is 20.8. The molecule has 1 fully saturated rings. The minimum atomic E-state index is -0.611. The van der Waals surface area contributed by atoms with Crippen LogP contribution in [0.5, 0.6) is 0 Å². The zero-order chi connectivity index (χ0) is 20.3. The van der Waals surface area contributed by atoms with E-state index < -0.39 is 24.4 Å². The average Bonchev–Trinajstić information content (AvgIpc) is 3.04. The molecule has 1 aliphatic rings. The highest BCUT2D eigenvalue weighted by atomic mass is 79.9. The maximum absolute atomic E-state index is 12.3. The fraction of sp³-hybridized carbons (Fsp3) is 0.211. The van der Waals surface area contributed by atoms with Gasteiger partial charge in [-0.15, -0.1) is 0 Å². The Labute approximate surface area is 183 Å². The molecule has 1 heterocycles. The van der Waals surface area contributed by atoms with Crippen LogP contribution in [0.1, 0.15) is 6.42 Å². The van der Waals surface area contributed by atoms with Crippen LogP contribution in [0.25, 0.3) is 0 Å². The van der Waals surface area contributed by atoms with Gasteiger partial charge in [-0.25, -0.2) is 0 Å². The summed E-state index contributed by atoms with van der Waals surface area (Å²) in [5.41, 5.74) is 1.13. The lowest BCUT2D eigenvalue weighted by Crippen LogP contribution is -2.28. The molecular weight excluding hydrogens is 515 g/mol. The lowest BCUT2D eigenvalue weighted by Gasteiger charge is -2.16. The molecular formula is C19H15Br2ClN2O4. The molecule has 0 aliphatic carbocycles. The third kappa shape index (κ3) is 5.12. The van der Waals surface area contributed by atoms with Crippen LogP contribution in [-0.2, 0) is 19.1 Å². The summed E-state index contributed by atoms with van der Waals surface area (Å²) in [6.07, 6.45) is 0.0507. The number of amides is 2. The summed E-state index contributed by atoms with van der Waals surface area (Å²) in [7, 11) is 0. The highest BCUT2D eigenvalue weighted by molar-refractivity contribution is 9.10. The molecule has 0 bridgehead atoms. The third-order valence-electron chi connectivity index (χ3n) is 4.15. The van der Waals surface area contributed by atoms with Gasteiger partial charge < -0.3 is 15.0 Å². The van der Waals surface area contributed by atoms with E-state index in [0.717, 1.165) is 8.95 Å². The Balaban J connectivity index is 1.53. The number of carbonyl (C=O) groups is 3. The van der Waals surface area contributed by atoms with E-state index in [2.05, 4.69) is 37.2 Å². The molecule has 3 rings (SSSR count). The first-order chi connectivity index (χ1) is 13.3. The molecule has 1 atom stereocenters. The Morgan fingerprint density at radius 2 is 1.82 bits per heavy atom. The summed E-state index contributed by atoms with van der Waals surface area (Å²) < 4.78 is 6.77. The maximum Gasteiger partial charge on any atom is 0.311 e. The normalized spacial score (nSPS) is 16.2. The van der Waals surface area contributed by atoms with E-state index in [1.165, 1.54) is 0 Å². The third-order valence-corrected chi connectivity index (χ3v) is 5.48. The van der Waals surface area contributed by atoms with Crippen LogP contribution in [-0.4, -0.2) is 30.9 Å². The summed E-state index contributed by atoms with van der Waals surface area (Å²) in [5.74, 6) is -1.85. The number of ether oxygens (including phenoxy) is 1. The second-order valence-electron chi connectivity index (χ2n) is 6.16. The molecule has 9 heteroatoms. The topological polar surface area (TPSA) is 75.7 Å². The fourth-order valence-electron chi connectivity index (χ4n) is 2.77. The van der Waals surface area contributed by atoms with Crippen LogP contribution < -0.4 is 10.2 Å². The molecule has 28 heavy (non-hydrogen) atoms. The summed E-state index contributed by atoms with van der Waals surface area (Å²) in [6.45, 7) is -0.229. The van der Waals surface area contributed by atoms with E-state index in [4.69, 9.17) is 16.3 Å². The molecule has 0 saturated carbocycles. The number of halogens is 3. The number of nitrogens with zero attached hydrogens (tertiary/aromatic N) is 1. The fourth-order valence-corrected chi connectivity index (χ4v) is 3.75. The zero-order valence-corrected chi connectivity index (χ0v) is 18.4. The van der Waals surface area contributed by atoms with Gasteiger partial charge in [-0.1, -0.05) is 43.5 Å². The first-order valence-electron chi connectivity index (χ1n) is 8.31. The van der Waals surface area contributed by atoms with Crippen molar-refractivity contribution in [1.82, 2.24) is 0 Å². The van der Waals surface area contributed by atoms with Gasteiger partial charge in [-0.05, 0) is 42.5 Å². The van der Waals surface area contributed by atoms with Crippen molar-refractivity contribution in [3.8, 4) is 0 Å². The summed E-state index contributed by atoms with van der Waals surface area (Å²) in [6, 6.07) is 12.3. The van der Waals surface area contributed by atoms with E-state index in [-0.39, 0.29) is 18.9 Å². The standard InChI is InChI=1S/C19H15Br2ClN2O4/c20-12-1-4-14(5-2-12)24-9-11(7-18(24)26)19(27)28-10-17(25)23-16-6-3-13(21)8-15(16)22/h1-6,8,11H,7,9-10H2,(H,23,25)/t11-/m1/s1. The van der Waals surface area contributed by atoms with Crippen LogP contribution in [0.2, 0.25) is 5.02 Å². The van der Waals surface area contributed by atoms with Crippen LogP contribution in [0, 0.1) is 5.92 Å². The second kappa shape index (κ2) is 9.07. The van der Waals surface area contributed by atoms with Crippen molar-refractivity contribution in [1.29, 1.82) is 0 Å². The van der Waals surface area contributed by atoms with Crippen molar-refractivity contribution in [2.45, 2.75) is 6.42 Å². The van der Waals surface area contributed by atoms with Gasteiger partial charge in [0.25, 0.3) is 5.91 Å². The number of hydrogen-bond acceptors (Lipinski definition) is 4. The zero-order valence-electron chi connectivity index (χ0n) is 14.5. The molecule has 146 valence electrons. The molecule has 2 aromatic carbocycles. The lowest BCUT2D eigenvalue weighted by molar-refractivity contribution is -0.151. The number of hydrogen-bond donors (Lipinski definition) is 1. The van der Waals surface area contributed by atoms with E-state index in [9.17, 15) is 14.4 Å². The van der Waals surface area contributed by atoms with Gasteiger partial charge >= 0.3 is 5.97 Å². The molecule has 2 amide bonds. The van der Waals surface area contributed by atoms with E-state index in [1.54, 1.807) is 35.2 Å². The van der Waals surface area contributed by atoms with E-state index in [1.807, 2.05) is 12.1 Å². The maximum atomic E-state index is 12.3. The van der Waals surface area contributed by atoms with Crippen LogP contribution in [0.4, 0.5) is 11.4 Å². The van der Waals surface area contributed by atoms with Crippen molar-refractivity contribution in [3.63, 3.8) is 0 Å². The van der Waals surface area contributed by atoms with Gasteiger partial charge in [0.1, 0.15) is 0 Å². The number of esters is 1. The van der Waals surface area contributed by atoms with Gasteiger partial charge in [-0.3, -0.25) is 14.4 Å². The highest BCUT2D eigenvalue weighted by Crippen LogP contribution is 2.27. The Morgan fingerprint density at radius 1 is 1.14 bits per heavy atom. The quantitative estimate of drug-likeness (QED) is 0.582. The van der Waals surface area contributed by atoms with Gasteiger partial charge in [0.15, 0.2) is 6.61 Å². The molecule has 1 aliphatic heterocycles. The van der Waals surface area contributed by atoms with Crippen molar-refractivity contribution < 1.29 is 19.1 Å². The number of carbonyl (C=O) groups excluding carboxylic acids is 3. The molecule has 1 N–H and O–H groups in total. The number of benzene rings is 2. The minimum Gasteiger partial charge on any atom is -0.455 e. The van der Waals surface area contributed by atoms with Gasteiger partial charge in [-0.2, -0.15) is 0 Å². The smallest absolute Gasteiger partial charge is 0.311 e. The van der Waals surface area contributed by atoms with Crippen molar-refractivity contribution >= 4 is 72.6 Å². The summed E-state index contributed by atoms with van der Waals surface area (Å²) in [4.78, 5) is 38.0. The van der Waals surface area contributed by atoms with Gasteiger partial charge in [0, 0.05) is 27.6 Å². The van der Waals surface area contributed by atoms with Crippen molar-refractivity contribution in [3.05, 3.63) is 56.4 Å². The number of anilines is 2. The lowest BCUT2D eigenvalue weighted by atomic mass is 10.1. The second-order valence-corrected chi connectivity index (χ2v) is 8.40. The molecule has 0 aromatic heterocycles. The molecule has 2 aromatic rings. The average molecular weight is 531 g/mol. The van der Waals surface area contributed by atoms with Gasteiger partial charge in [0.05, 0.1) is 16.6 Å². The van der Waals surface area contributed by atoms with Crippen LogP contribution >= 0.6 is 43.5 Å². The van der Waals surface area contributed by atoms with E-state index in [0.29, 0.717) is 16.4 Å². The van der Waals surface area contributed by atoms with Crippen molar-refractivity contribution in [2.24, 2.45) is 5.92 Å². The molecule has 0 spiro atoms. The monoisotopic (exact) mass is 528 g/mol.